The number of para-hydroxylation sites is 1. The number of nitrogens with zero attached hydrogens (tertiary/aromatic N) is 1. The van der Waals surface area contributed by atoms with E-state index in [0.717, 1.165) is 26.8 Å². The summed E-state index contributed by atoms with van der Waals surface area (Å²) in [6, 6.07) is 15.7. The highest BCUT2D eigenvalue weighted by Gasteiger charge is 2.07. The molecular weight excluding hydrogens is 366 g/mol. The Morgan fingerprint density at radius 2 is 1.96 bits per heavy atom. The zero-order valence-corrected chi connectivity index (χ0v) is 14.9. The highest BCUT2D eigenvalue weighted by molar-refractivity contribution is 9.10. The van der Waals surface area contributed by atoms with E-state index in [4.69, 9.17) is 0 Å². The van der Waals surface area contributed by atoms with Crippen molar-refractivity contribution in [3.05, 3.63) is 64.8 Å². The fourth-order valence-electron chi connectivity index (χ4n) is 2.49. The number of fused-ring (bicyclic) bond motifs is 1. The number of aromatic nitrogens is 1. The van der Waals surface area contributed by atoms with Crippen molar-refractivity contribution < 1.29 is 4.79 Å². The Kier molecular flexibility index (Phi) is 5.11. The van der Waals surface area contributed by atoms with Crippen molar-refractivity contribution in [1.82, 2.24) is 4.98 Å². The number of benzene rings is 2. The summed E-state index contributed by atoms with van der Waals surface area (Å²) in [7, 11) is 0. The Morgan fingerprint density at radius 1 is 1.12 bits per heavy atom. The van der Waals surface area contributed by atoms with Crippen molar-refractivity contribution in [3.8, 4) is 0 Å². The molecule has 0 unspecified atom stereocenters. The number of aryl methyl sites for hydroxylation is 1. The average Bonchev–Trinajstić information content (AvgIpc) is 2.57. The van der Waals surface area contributed by atoms with Gasteiger partial charge in [-0.05, 0) is 52.7 Å². The summed E-state index contributed by atoms with van der Waals surface area (Å²) in [5.74, 6) is -0.0381. The van der Waals surface area contributed by atoms with Gasteiger partial charge >= 0.3 is 0 Å². The number of hydrogen-bond acceptors (Lipinski definition) is 3. The highest BCUT2D eigenvalue weighted by Crippen LogP contribution is 2.23. The molecular formula is C19H18BrN3O. The first kappa shape index (κ1) is 16.5. The van der Waals surface area contributed by atoms with Crippen LogP contribution in [-0.2, 0) is 4.79 Å². The summed E-state index contributed by atoms with van der Waals surface area (Å²) in [6.45, 7) is 2.60. The molecule has 0 saturated heterocycles. The lowest BCUT2D eigenvalue weighted by atomic mass is 10.2. The maximum atomic E-state index is 12.2. The second-order valence-corrected chi connectivity index (χ2v) is 6.44. The van der Waals surface area contributed by atoms with Gasteiger partial charge in [-0.15, -0.1) is 0 Å². The first-order chi connectivity index (χ1) is 11.6. The molecule has 2 N–H and O–H groups in total. The number of pyridine rings is 1. The molecule has 0 fully saturated rings. The van der Waals surface area contributed by atoms with Gasteiger partial charge < -0.3 is 10.6 Å². The van der Waals surface area contributed by atoms with Crippen LogP contribution in [-0.4, -0.2) is 17.4 Å². The molecule has 0 spiro atoms. The first-order valence-corrected chi connectivity index (χ1v) is 8.56. The first-order valence-electron chi connectivity index (χ1n) is 7.77. The Bertz CT molecular complexity index is 874. The third-order valence-corrected chi connectivity index (χ3v) is 4.35. The van der Waals surface area contributed by atoms with Crippen LogP contribution in [0, 0.1) is 6.92 Å². The zero-order valence-electron chi connectivity index (χ0n) is 13.3. The molecule has 1 amide bonds. The Hall–Kier alpha value is -2.40. The maximum absolute atomic E-state index is 12.2. The van der Waals surface area contributed by atoms with Gasteiger partial charge in [0.1, 0.15) is 0 Å². The Balaban J connectivity index is 1.59. The molecule has 3 rings (SSSR count). The van der Waals surface area contributed by atoms with Crippen LogP contribution in [0.3, 0.4) is 0 Å². The fourth-order valence-corrected chi connectivity index (χ4v) is 3.13. The van der Waals surface area contributed by atoms with E-state index in [-0.39, 0.29) is 5.91 Å². The van der Waals surface area contributed by atoms with Crippen molar-refractivity contribution in [1.29, 1.82) is 0 Å². The van der Waals surface area contributed by atoms with Crippen molar-refractivity contribution in [2.75, 3.05) is 17.2 Å². The number of carbonyl (C=O) groups excluding carboxylic acids is 1. The van der Waals surface area contributed by atoms with E-state index in [0.29, 0.717) is 13.0 Å². The van der Waals surface area contributed by atoms with Crippen LogP contribution in [0.4, 0.5) is 11.4 Å². The number of nitrogens with one attached hydrogen (secondary N) is 2. The third kappa shape index (κ3) is 3.92. The van der Waals surface area contributed by atoms with Gasteiger partial charge in [0.05, 0.1) is 11.2 Å². The third-order valence-electron chi connectivity index (χ3n) is 3.70. The summed E-state index contributed by atoms with van der Waals surface area (Å²) >= 11 is 3.52. The van der Waals surface area contributed by atoms with Crippen LogP contribution in [0.5, 0.6) is 0 Å². The smallest absolute Gasteiger partial charge is 0.226 e. The van der Waals surface area contributed by atoms with Gasteiger partial charge in [0, 0.05) is 34.7 Å². The van der Waals surface area contributed by atoms with E-state index in [9.17, 15) is 4.79 Å². The topological polar surface area (TPSA) is 54.0 Å². The van der Waals surface area contributed by atoms with E-state index < -0.39 is 0 Å². The molecule has 1 aromatic heterocycles. The monoisotopic (exact) mass is 383 g/mol. The average molecular weight is 384 g/mol. The number of amides is 1. The fraction of sp³-hybridized carbons (Fsp3) is 0.158. The minimum atomic E-state index is -0.0381. The largest absolute Gasteiger partial charge is 0.384 e. The molecule has 4 nitrogen and oxygen atoms in total. The normalized spacial score (nSPS) is 10.6. The number of hydrogen-bond donors (Lipinski definition) is 2. The molecule has 0 aliphatic carbocycles. The van der Waals surface area contributed by atoms with E-state index in [1.165, 1.54) is 5.56 Å². The quantitative estimate of drug-likeness (QED) is 0.668. The van der Waals surface area contributed by atoms with Crippen molar-refractivity contribution in [3.63, 3.8) is 0 Å². The summed E-state index contributed by atoms with van der Waals surface area (Å²) in [6.07, 6.45) is 2.11. The van der Waals surface area contributed by atoms with E-state index in [2.05, 4.69) is 31.5 Å². The SMILES string of the molecule is Cc1ccc(NCCC(=O)Nc2cccc3cccnc23)c(Br)c1. The van der Waals surface area contributed by atoms with E-state index in [1.54, 1.807) is 6.20 Å². The molecule has 0 radical (unpaired) electrons. The lowest BCUT2D eigenvalue weighted by molar-refractivity contribution is -0.115. The predicted octanol–water partition coefficient (Wildman–Crippen LogP) is 4.75. The second-order valence-electron chi connectivity index (χ2n) is 5.59. The van der Waals surface area contributed by atoms with Crippen LogP contribution in [0.1, 0.15) is 12.0 Å². The minimum absolute atomic E-state index is 0.0381. The second kappa shape index (κ2) is 7.45. The van der Waals surface area contributed by atoms with E-state index in [1.807, 2.05) is 55.5 Å². The molecule has 2 aromatic carbocycles. The molecule has 24 heavy (non-hydrogen) atoms. The zero-order chi connectivity index (χ0) is 16.9. The molecule has 5 heteroatoms. The van der Waals surface area contributed by atoms with Gasteiger partial charge in [0.15, 0.2) is 0 Å². The minimum Gasteiger partial charge on any atom is -0.384 e. The number of carbonyl (C=O) groups is 1. The predicted molar refractivity (Wildman–Crippen MR) is 102 cm³/mol. The summed E-state index contributed by atoms with van der Waals surface area (Å²) in [5.41, 5.74) is 3.73. The van der Waals surface area contributed by atoms with Crippen LogP contribution in [0.25, 0.3) is 10.9 Å². The molecule has 122 valence electrons. The van der Waals surface area contributed by atoms with Gasteiger partial charge in [-0.1, -0.05) is 24.3 Å². The van der Waals surface area contributed by atoms with Gasteiger partial charge in [-0.3, -0.25) is 9.78 Å². The summed E-state index contributed by atoms with van der Waals surface area (Å²) < 4.78 is 1.00. The van der Waals surface area contributed by atoms with Crippen molar-refractivity contribution in [2.24, 2.45) is 0 Å². The van der Waals surface area contributed by atoms with Crippen LogP contribution in [0.2, 0.25) is 0 Å². The van der Waals surface area contributed by atoms with Gasteiger partial charge in [0.2, 0.25) is 5.91 Å². The number of halogens is 1. The molecule has 0 aliphatic rings. The highest BCUT2D eigenvalue weighted by atomic mass is 79.9. The summed E-state index contributed by atoms with van der Waals surface area (Å²) in [5, 5.41) is 7.22. The van der Waals surface area contributed by atoms with Gasteiger partial charge in [0.25, 0.3) is 0 Å². The molecule has 0 atom stereocenters. The number of rotatable bonds is 5. The van der Waals surface area contributed by atoms with E-state index >= 15 is 0 Å². The molecule has 0 aliphatic heterocycles. The lowest BCUT2D eigenvalue weighted by Gasteiger charge is -2.10. The molecule has 1 heterocycles. The van der Waals surface area contributed by atoms with Crippen LogP contribution >= 0.6 is 15.9 Å². The standard InChI is InChI=1S/C19H18BrN3O/c1-13-7-8-16(15(20)12-13)21-11-9-18(24)23-17-6-2-4-14-5-3-10-22-19(14)17/h2-8,10,12,21H,9,11H2,1H3,(H,23,24). The van der Waals surface area contributed by atoms with Crippen LogP contribution < -0.4 is 10.6 Å². The Morgan fingerprint density at radius 3 is 2.79 bits per heavy atom. The maximum Gasteiger partial charge on any atom is 0.226 e. The molecule has 0 bridgehead atoms. The van der Waals surface area contributed by atoms with Crippen molar-refractivity contribution in [2.45, 2.75) is 13.3 Å². The summed E-state index contributed by atoms with van der Waals surface area (Å²) in [4.78, 5) is 16.5. The van der Waals surface area contributed by atoms with Crippen molar-refractivity contribution >= 4 is 44.1 Å². The van der Waals surface area contributed by atoms with Crippen LogP contribution in [0.15, 0.2) is 59.2 Å². The number of anilines is 2. The Labute approximate surface area is 149 Å². The van der Waals surface area contributed by atoms with Gasteiger partial charge in [-0.25, -0.2) is 0 Å². The lowest BCUT2D eigenvalue weighted by Crippen LogP contribution is -2.16. The molecule has 0 saturated carbocycles. The van der Waals surface area contributed by atoms with Gasteiger partial charge in [-0.2, -0.15) is 0 Å². The molecule has 3 aromatic rings.